The lowest BCUT2D eigenvalue weighted by molar-refractivity contribution is 0.0661. The van der Waals surface area contributed by atoms with Crippen LogP contribution in [-0.4, -0.2) is 36.5 Å². The summed E-state index contributed by atoms with van der Waals surface area (Å²) in [6.45, 7) is 9.08. The molecule has 1 aromatic heterocycles. The number of hydrogen-bond acceptors (Lipinski definition) is 3. The summed E-state index contributed by atoms with van der Waals surface area (Å²) in [6.07, 6.45) is 2.14. The number of piperidine rings is 1. The molecule has 1 saturated heterocycles. The lowest BCUT2D eigenvalue weighted by Crippen LogP contribution is -2.45. The van der Waals surface area contributed by atoms with Gasteiger partial charge in [-0.2, -0.15) is 0 Å². The Morgan fingerprint density at radius 3 is 2.61 bits per heavy atom. The Hall–Kier alpha value is -0.870. The summed E-state index contributed by atoms with van der Waals surface area (Å²) in [7, 11) is 0. The predicted molar refractivity (Wildman–Crippen MR) is 76.4 cm³/mol. The smallest absolute Gasteiger partial charge is 0.264 e. The molecule has 1 fully saturated rings. The van der Waals surface area contributed by atoms with E-state index in [9.17, 15) is 4.79 Å². The van der Waals surface area contributed by atoms with E-state index in [0.29, 0.717) is 6.04 Å². The van der Waals surface area contributed by atoms with Crippen LogP contribution in [0.2, 0.25) is 0 Å². The minimum Gasteiger partial charge on any atom is -0.335 e. The Bertz CT molecular complexity index is 402. The highest BCUT2D eigenvalue weighted by Crippen LogP contribution is 2.24. The van der Waals surface area contributed by atoms with E-state index in [1.54, 1.807) is 11.3 Å². The Morgan fingerprint density at radius 1 is 1.44 bits per heavy atom. The van der Waals surface area contributed by atoms with Crippen molar-refractivity contribution in [2.75, 3.05) is 19.6 Å². The first-order valence-corrected chi connectivity index (χ1v) is 7.53. The average Bonchev–Trinajstić information content (AvgIpc) is 2.72. The lowest BCUT2D eigenvalue weighted by atomic mass is 10.0. The number of nitrogens with one attached hydrogen (secondary N) is 1. The third-order valence-electron chi connectivity index (χ3n) is 3.73. The van der Waals surface area contributed by atoms with Gasteiger partial charge in [-0.05, 0) is 58.3 Å². The van der Waals surface area contributed by atoms with Gasteiger partial charge in [0.2, 0.25) is 0 Å². The summed E-state index contributed by atoms with van der Waals surface area (Å²) in [5, 5.41) is 3.35. The fourth-order valence-electron chi connectivity index (χ4n) is 2.51. The van der Waals surface area contributed by atoms with Crippen molar-refractivity contribution in [2.24, 2.45) is 0 Å². The molecule has 0 aliphatic carbocycles. The van der Waals surface area contributed by atoms with Gasteiger partial charge in [-0.3, -0.25) is 4.79 Å². The number of amides is 1. The third kappa shape index (κ3) is 2.75. The zero-order valence-electron chi connectivity index (χ0n) is 11.5. The standard InChI is InChI=1S/C14H22N2OS/c1-4-16(12-5-7-15-8-6-12)14(17)13-9-10(2)11(3)18-13/h9,12,15H,4-8H2,1-3H3. The fraction of sp³-hybridized carbons (Fsp3) is 0.643. The van der Waals surface area contributed by atoms with E-state index >= 15 is 0 Å². The molecule has 0 radical (unpaired) electrons. The molecule has 0 bridgehead atoms. The molecule has 1 N–H and O–H groups in total. The first-order chi connectivity index (χ1) is 8.63. The van der Waals surface area contributed by atoms with E-state index in [1.807, 2.05) is 11.0 Å². The molecular formula is C14H22N2OS. The van der Waals surface area contributed by atoms with Gasteiger partial charge < -0.3 is 10.2 Å². The highest BCUT2D eigenvalue weighted by molar-refractivity contribution is 7.14. The van der Waals surface area contributed by atoms with Crippen LogP contribution in [0.25, 0.3) is 0 Å². The summed E-state index contributed by atoms with van der Waals surface area (Å²) in [6, 6.07) is 2.44. The van der Waals surface area contributed by atoms with Gasteiger partial charge in [-0.1, -0.05) is 0 Å². The molecule has 1 aromatic rings. The molecule has 3 nitrogen and oxygen atoms in total. The van der Waals surface area contributed by atoms with Crippen molar-refractivity contribution in [2.45, 2.75) is 39.7 Å². The first-order valence-electron chi connectivity index (χ1n) is 6.72. The van der Waals surface area contributed by atoms with Crippen LogP contribution in [0.5, 0.6) is 0 Å². The van der Waals surface area contributed by atoms with Crippen LogP contribution in [0.1, 0.15) is 39.9 Å². The molecule has 1 amide bonds. The van der Waals surface area contributed by atoms with Crippen LogP contribution in [0.3, 0.4) is 0 Å². The number of carbonyl (C=O) groups excluding carboxylic acids is 1. The fourth-order valence-corrected chi connectivity index (χ4v) is 3.50. The maximum atomic E-state index is 12.6. The van der Waals surface area contributed by atoms with Gasteiger partial charge >= 0.3 is 0 Å². The molecule has 0 aromatic carbocycles. The van der Waals surface area contributed by atoms with E-state index in [1.165, 1.54) is 10.4 Å². The molecule has 0 spiro atoms. The minimum absolute atomic E-state index is 0.214. The van der Waals surface area contributed by atoms with Crippen molar-refractivity contribution in [3.63, 3.8) is 0 Å². The van der Waals surface area contributed by atoms with Crippen LogP contribution in [0.15, 0.2) is 6.07 Å². The molecule has 0 saturated carbocycles. The Morgan fingerprint density at radius 2 is 2.11 bits per heavy atom. The Kier molecular flexibility index (Phi) is 4.40. The summed E-state index contributed by atoms with van der Waals surface area (Å²) in [5.74, 6) is 0.214. The molecule has 2 heterocycles. The average molecular weight is 266 g/mol. The first kappa shape index (κ1) is 13.6. The van der Waals surface area contributed by atoms with Crippen molar-refractivity contribution in [1.29, 1.82) is 0 Å². The second-order valence-electron chi connectivity index (χ2n) is 4.92. The molecule has 4 heteroatoms. The van der Waals surface area contributed by atoms with Crippen LogP contribution < -0.4 is 5.32 Å². The SMILES string of the molecule is CCN(C(=O)c1cc(C)c(C)s1)C1CCNCC1. The number of aryl methyl sites for hydroxylation is 2. The summed E-state index contributed by atoms with van der Waals surface area (Å²) < 4.78 is 0. The van der Waals surface area contributed by atoms with Crippen LogP contribution in [-0.2, 0) is 0 Å². The second kappa shape index (κ2) is 5.85. The summed E-state index contributed by atoms with van der Waals surface area (Å²) >= 11 is 1.62. The predicted octanol–water partition coefficient (Wildman–Crippen LogP) is 2.58. The highest BCUT2D eigenvalue weighted by atomic mass is 32.1. The number of carbonyl (C=O) groups is 1. The van der Waals surface area contributed by atoms with E-state index < -0.39 is 0 Å². The largest absolute Gasteiger partial charge is 0.335 e. The molecule has 0 atom stereocenters. The monoisotopic (exact) mass is 266 g/mol. The highest BCUT2D eigenvalue weighted by Gasteiger charge is 2.25. The van der Waals surface area contributed by atoms with Gasteiger partial charge in [0.15, 0.2) is 0 Å². The summed E-state index contributed by atoms with van der Waals surface area (Å²) in [5.41, 5.74) is 1.23. The van der Waals surface area contributed by atoms with Gasteiger partial charge in [-0.25, -0.2) is 0 Å². The molecular weight excluding hydrogens is 244 g/mol. The van der Waals surface area contributed by atoms with Gasteiger partial charge in [0.05, 0.1) is 4.88 Å². The van der Waals surface area contributed by atoms with Crippen molar-refractivity contribution >= 4 is 17.2 Å². The lowest BCUT2D eigenvalue weighted by Gasteiger charge is -2.33. The van der Waals surface area contributed by atoms with Crippen molar-refractivity contribution in [1.82, 2.24) is 10.2 Å². The van der Waals surface area contributed by atoms with Gasteiger partial charge in [0.1, 0.15) is 0 Å². The Balaban J connectivity index is 2.13. The van der Waals surface area contributed by atoms with E-state index in [0.717, 1.165) is 37.4 Å². The molecule has 1 aliphatic heterocycles. The normalized spacial score (nSPS) is 16.8. The maximum absolute atomic E-state index is 12.6. The summed E-state index contributed by atoms with van der Waals surface area (Å²) in [4.78, 5) is 16.7. The van der Waals surface area contributed by atoms with Crippen LogP contribution in [0.4, 0.5) is 0 Å². The number of thiophene rings is 1. The van der Waals surface area contributed by atoms with Gasteiger partial charge in [-0.15, -0.1) is 11.3 Å². The van der Waals surface area contributed by atoms with Gasteiger partial charge in [0.25, 0.3) is 5.91 Å². The zero-order chi connectivity index (χ0) is 13.1. The van der Waals surface area contributed by atoms with Crippen LogP contribution in [0, 0.1) is 13.8 Å². The molecule has 0 unspecified atom stereocenters. The quantitative estimate of drug-likeness (QED) is 0.912. The van der Waals surface area contributed by atoms with Crippen molar-refractivity contribution < 1.29 is 4.79 Å². The van der Waals surface area contributed by atoms with Crippen molar-refractivity contribution in [3.8, 4) is 0 Å². The van der Waals surface area contributed by atoms with Crippen LogP contribution >= 0.6 is 11.3 Å². The minimum atomic E-state index is 0.214. The van der Waals surface area contributed by atoms with E-state index in [4.69, 9.17) is 0 Å². The van der Waals surface area contributed by atoms with Gasteiger partial charge in [0, 0.05) is 17.5 Å². The van der Waals surface area contributed by atoms with Crippen molar-refractivity contribution in [3.05, 3.63) is 21.4 Å². The number of rotatable bonds is 3. The van der Waals surface area contributed by atoms with E-state index in [-0.39, 0.29) is 5.91 Å². The number of nitrogens with zero attached hydrogens (tertiary/aromatic N) is 1. The number of hydrogen-bond donors (Lipinski definition) is 1. The molecule has 18 heavy (non-hydrogen) atoms. The zero-order valence-corrected chi connectivity index (χ0v) is 12.3. The van der Waals surface area contributed by atoms with E-state index in [2.05, 4.69) is 26.1 Å². The maximum Gasteiger partial charge on any atom is 0.264 e. The second-order valence-corrected chi connectivity index (χ2v) is 6.18. The molecule has 1 aliphatic rings. The topological polar surface area (TPSA) is 32.3 Å². The third-order valence-corrected chi connectivity index (χ3v) is 4.87. The Labute approximate surface area is 113 Å². The molecule has 100 valence electrons. The molecule has 2 rings (SSSR count).